The molecule has 0 atom stereocenters. The van der Waals surface area contributed by atoms with Gasteiger partial charge >= 0.3 is 6.18 Å². The van der Waals surface area contributed by atoms with Gasteiger partial charge in [0, 0.05) is 18.8 Å². The van der Waals surface area contributed by atoms with Gasteiger partial charge in [0.25, 0.3) is 0 Å². The van der Waals surface area contributed by atoms with Crippen molar-refractivity contribution in [1.82, 2.24) is 15.0 Å². The van der Waals surface area contributed by atoms with E-state index in [1.165, 1.54) is 0 Å². The smallest absolute Gasteiger partial charge is 0.412 e. The van der Waals surface area contributed by atoms with E-state index in [1.54, 1.807) is 6.07 Å². The van der Waals surface area contributed by atoms with E-state index in [1.807, 2.05) is 35.2 Å². The van der Waals surface area contributed by atoms with Crippen LogP contribution in [0.3, 0.4) is 0 Å². The van der Waals surface area contributed by atoms with Gasteiger partial charge in [0.05, 0.1) is 5.52 Å². The number of halogens is 4. The first kappa shape index (κ1) is 21.0. The number of piperidine rings is 1. The Morgan fingerprint density at radius 3 is 2.26 bits per heavy atom. The minimum atomic E-state index is -4.57. The monoisotopic (exact) mass is 400 g/mol. The number of alkyl halides is 3. The Morgan fingerprint density at radius 2 is 1.63 bits per heavy atom. The predicted molar refractivity (Wildman–Crippen MR) is 101 cm³/mol. The Labute approximate surface area is 160 Å². The number of H-pyrrole nitrogens is 1. The number of fused-ring (bicyclic) bond motifs is 1. The van der Waals surface area contributed by atoms with Crippen molar-refractivity contribution in [2.75, 3.05) is 18.0 Å². The van der Waals surface area contributed by atoms with Crippen LogP contribution < -0.4 is 4.90 Å². The van der Waals surface area contributed by atoms with Crippen LogP contribution in [0.2, 0.25) is 0 Å². The molecule has 4 rings (SSSR count). The van der Waals surface area contributed by atoms with Gasteiger partial charge in [-0.1, -0.05) is 30.3 Å². The minimum Gasteiger partial charge on any atom is -0.412 e. The molecular weight excluding hydrogens is 381 g/mol. The molecule has 0 bridgehead atoms. The largest absolute Gasteiger partial charge is 0.451 e. The van der Waals surface area contributed by atoms with Crippen molar-refractivity contribution in [1.29, 1.82) is 0 Å². The summed E-state index contributed by atoms with van der Waals surface area (Å²) in [4.78, 5) is 12.8. The Morgan fingerprint density at radius 1 is 0.963 bits per heavy atom. The number of nitrogens with one attached hydrogen (secondary N) is 1. The Kier molecular flexibility index (Phi) is 6.33. The summed E-state index contributed by atoms with van der Waals surface area (Å²) < 4.78 is 39.7. The van der Waals surface area contributed by atoms with E-state index >= 15 is 0 Å². The van der Waals surface area contributed by atoms with E-state index in [9.17, 15) is 13.2 Å². The third kappa shape index (κ3) is 4.17. The van der Waals surface area contributed by atoms with Gasteiger partial charge in [-0.15, -0.1) is 12.4 Å². The number of aromatic nitrogens is 3. The molecule has 0 amide bonds. The molecule has 1 saturated heterocycles. The fourth-order valence-corrected chi connectivity index (χ4v) is 3.23. The van der Waals surface area contributed by atoms with Gasteiger partial charge < -0.3 is 15.4 Å². The first-order valence-corrected chi connectivity index (χ1v) is 8.31. The summed E-state index contributed by atoms with van der Waals surface area (Å²) in [6.45, 7) is 1.42. The summed E-state index contributed by atoms with van der Waals surface area (Å²) in [5, 5.41) is 0. The standard InChI is InChI=1S/C18H17F3N4.ClH.H2O/c19-18(20,21)17-23-14-11-13(12-7-3-1-4-8-12)22-15(14)16(24-17)25-9-5-2-6-10-25;;/h1,3-4,7-8,11,22H,2,5-6,9-10H2;1H;1H2. The molecule has 0 spiro atoms. The van der Waals surface area contributed by atoms with E-state index in [-0.39, 0.29) is 17.9 Å². The topological polar surface area (TPSA) is 76.3 Å². The molecule has 1 aromatic carbocycles. The lowest BCUT2D eigenvalue weighted by Gasteiger charge is -2.28. The number of aromatic amines is 1. The lowest BCUT2D eigenvalue weighted by atomic mass is 10.1. The average Bonchev–Trinajstić information content (AvgIpc) is 3.06. The quantitative estimate of drug-likeness (QED) is 0.699. The van der Waals surface area contributed by atoms with E-state index in [2.05, 4.69) is 15.0 Å². The normalized spacial score (nSPS) is 14.6. The Balaban J connectivity index is 0.00000131. The molecular formula is C18H20ClF3N4O. The number of rotatable bonds is 2. The van der Waals surface area contributed by atoms with E-state index in [0.29, 0.717) is 29.9 Å². The van der Waals surface area contributed by atoms with Gasteiger partial charge in [-0.2, -0.15) is 13.2 Å². The summed E-state index contributed by atoms with van der Waals surface area (Å²) in [5.74, 6) is -0.738. The molecule has 0 saturated carbocycles. The van der Waals surface area contributed by atoms with Crippen molar-refractivity contribution in [3.05, 3.63) is 42.2 Å². The van der Waals surface area contributed by atoms with Crippen molar-refractivity contribution < 1.29 is 18.6 Å². The molecule has 0 aliphatic carbocycles. The lowest BCUT2D eigenvalue weighted by molar-refractivity contribution is -0.144. The van der Waals surface area contributed by atoms with Gasteiger partial charge in [-0.3, -0.25) is 0 Å². The molecule has 1 fully saturated rings. The molecule has 146 valence electrons. The molecule has 0 radical (unpaired) electrons. The average molecular weight is 401 g/mol. The third-order valence-electron chi connectivity index (χ3n) is 4.45. The van der Waals surface area contributed by atoms with Crippen LogP contribution in [0.25, 0.3) is 22.3 Å². The lowest BCUT2D eigenvalue weighted by Crippen LogP contribution is -2.31. The zero-order valence-electron chi connectivity index (χ0n) is 14.4. The fraction of sp³-hybridized carbons (Fsp3) is 0.333. The highest BCUT2D eigenvalue weighted by molar-refractivity contribution is 5.91. The van der Waals surface area contributed by atoms with Crippen molar-refractivity contribution in [3.63, 3.8) is 0 Å². The number of hydrogen-bond acceptors (Lipinski definition) is 3. The van der Waals surface area contributed by atoms with Crippen molar-refractivity contribution in [2.45, 2.75) is 25.4 Å². The van der Waals surface area contributed by atoms with Crippen molar-refractivity contribution in [2.24, 2.45) is 0 Å². The summed E-state index contributed by atoms with van der Waals surface area (Å²) in [7, 11) is 0. The highest BCUT2D eigenvalue weighted by atomic mass is 35.5. The van der Waals surface area contributed by atoms with Gasteiger partial charge in [0.1, 0.15) is 5.52 Å². The van der Waals surface area contributed by atoms with Crippen LogP contribution in [0, 0.1) is 0 Å². The zero-order valence-corrected chi connectivity index (χ0v) is 15.2. The third-order valence-corrected chi connectivity index (χ3v) is 4.45. The van der Waals surface area contributed by atoms with Gasteiger partial charge in [0.2, 0.25) is 5.82 Å². The number of hydrogen-bond donors (Lipinski definition) is 1. The summed E-state index contributed by atoms with van der Waals surface area (Å²) in [6.07, 6.45) is -1.56. The van der Waals surface area contributed by atoms with Crippen LogP contribution in [0.15, 0.2) is 36.4 Å². The summed E-state index contributed by atoms with van der Waals surface area (Å²) >= 11 is 0. The molecule has 5 nitrogen and oxygen atoms in total. The molecule has 3 aromatic rings. The second-order valence-electron chi connectivity index (χ2n) is 6.23. The second-order valence-corrected chi connectivity index (χ2v) is 6.23. The van der Waals surface area contributed by atoms with Gasteiger partial charge in [-0.25, -0.2) is 9.97 Å². The first-order valence-electron chi connectivity index (χ1n) is 8.31. The molecule has 1 aliphatic heterocycles. The SMILES string of the molecule is Cl.FC(F)(F)c1nc(N2CCCCC2)c2[nH]c(-c3ccccc3)cc2n1.O. The fourth-order valence-electron chi connectivity index (χ4n) is 3.23. The zero-order chi connectivity index (χ0) is 17.4. The van der Waals surface area contributed by atoms with E-state index in [4.69, 9.17) is 0 Å². The maximum atomic E-state index is 13.2. The predicted octanol–water partition coefficient (Wildman–Crippen LogP) is 4.23. The number of benzene rings is 1. The van der Waals surface area contributed by atoms with Gasteiger partial charge in [-0.05, 0) is 30.9 Å². The van der Waals surface area contributed by atoms with E-state index in [0.717, 1.165) is 30.5 Å². The minimum absolute atomic E-state index is 0. The van der Waals surface area contributed by atoms with Crippen LogP contribution in [-0.2, 0) is 6.18 Å². The van der Waals surface area contributed by atoms with E-state index < -0.39 is 12.0 Å². The van der Waals surface area contributed by atoms with Gasteiger partial charge in [0.15, 0.2) is 5.82 Å². The highest BCUT2D eigenvalue weighted by Gasteiger charge is 2.36. The van der Waals surface area contributed by atoms with Crippen LogP contribution in [0.4, 0.5) is 19.0 Å². The second kappa shape index (κ2) is 8.14. The Hall–Kier alpha value is -2.32. The van der Waals surface area contributed by atoms with Crippen LogP contribution in [-0.4, -0.2) is 33.5 Å². The van der Waals surface area contributed by atoms with Crippen LogP contribution >= 0.6 is 12.4 Å². The molecule has 1 aliphatic rings. The maximum absolute atomic E-state index is 13.2. The Bertz CT molecular complexity index is 893. The van der Waals surface area contributed by atoms with Crippen LogP contribution in [0.1, 0.15) is 25.1 Å². The van der Waals surface area contributed by atoms with Crippen LogP contribution in [0.5, 0.6) is 0 Å². The molecule has 3 heterocycles. The molecule has 0 unspecified atom stereocenters. The molecule has 2 aromatic heterocycles. The van der Waals surface area contributed by atoms with Crippen molar-refractivity contribution in [3.8, 4) is 11.3 Å². The summed E-state index contributed by atoms with van der Waals surface area (Å²) in [5.41, 5.74) is 2.50. The molecule has 3 N–H and O–H groups in total. The van der Waals surface area contributed by atoms with Crippen molar-refractivity contribution >= 4 is 29.3 Å². The maximum Gasteiger partial charge on any atom is 0.451 e. The summed E-state index contributed by atoms with van der Waals surface area (Å²) in [6, 6.07) is 11.1. The number of nitrogens with zero attached hydrogens (tertiary/aromatic N) is 3. The first-order chi connectivity index (χ1) is 12.0. The molecule has 27 heavy (non-hydrogen) atoms. The molecule has 9 heteroatoms. The highest BCUT2D eigenvalue weighted by Crippen LogP contribution is 2.34. The number of anilines is 1.